The number of hydrogen-bond donors (Lipinski definition) is 0. The van der Waals surface area contributed by atoms with Gasteiger partial charge in [-0.25, -0.2) is 4.39 Å². The highest BCUT2D eigenvalue weighted by Gasteiger charge is 2.29. The summed E-state index contributed by atoms with van der Waals surface area (Å²) in [4.78, 5) is 22.2. The molecular formula is C23H22FN3O. The van der Waals surface area contributed by atoms with Crippen molar-refractivity contribution in [2.45, 2.75) is 19.3 Å². The minimum atomic E-state index is -0.208. The van der Waals surface area contributed by atoms with Gasteiger partial charge >= 0.3 is 0 Å². The maximum atomic E-state index is 14.1. The van der Waals surface area contributed by atoms with Crippen LogP contribution in [0, 0.1) is 5.82 Å². The molecule has 0 atom stereocenters. The molecule has 0 radical (unpaired) electrons. The summed E-state index contributed by atoms with van der Waals surface area (Å²) in [6.07, 6.45) is 2.92. The molecule has 28 heavy (non-hydrogen) atoms. The molecular weight excluding hydrogens is 353 g/mol. The zero-order valence-corrected chi connectivity index (χ0v) is 15.7. The van der Waals surface area contributed by atoms with Crippen LogP contribution in [0.5, 0.6) is 0 Å². The first kappa shape index (κ1) is 17.2. The highest BCUT2D eigenvalue weighted by molar-refractivity contribution is 6.08. The normalized spacial score (nSPS) is 16.5. The van der Waals surface area contributed by atoms with Crippen LogP contribution in [-0.4, -0.2) is 42.0 Å². The second kappa shape index (κ2) is 6.89. The predicted octanol–water partition coefficient (Wildman–Crippen LogP) is 3.83. The van der Waals surface area contributed by atoms with E-state index in [2.05, 4.69) is 0 Å². The molecule has 3 aromatic rings. The molecule has 0 saturated carbocycles. The first-order chi connectivity index (χ1) is 13.7. The van der Waals surface area contributed by atoms with Crippen molar-refractivity contribution in [3.8, 4) is 0 Å². The third-order valence-corrected chi connectivity index (χ3v) is 5.89. The number of piperazine rings is 1. The number of anilines is 1. The highest BCUT2D eigenvalue weighted by Crippen LogP contribution is 2.31. The molecule has 0 bridgehead atoms. The number of para-hydroxylation sites is 2. The van der Waals surface area contributed by atoms with Crippen LogP contribution >= 0.6 is 0 Å². The van der Waals surface area contributed by atoms with Gasteiger partial charge in [-0.3, -0.25) is 9.78 Å². The number of amides is 1. The lowest BCUT2D eigenvalue weighted by molar-refractivity contribution is 0.0747. The monoisotopic (exact) mass is 375 g/mol. The van der Waals surface area contributed by atoms with Crippen molar-refractivity contribution in [2.75, 3.05) is 31.1 Å². The predicted molar refractivity (Wildman–Crippen MR) is 108 cm³/mol. The molecule has 1 aliphatic heterocycles. The third kappa shape index (κ3) is 2.82. The molecule has 5 heteroatoms. The topological polar surface area (TPSA) is 36.4 Å². The maximum Gasteiger partial charge on any atom is 0.255 e. The van der Waals surface area contributed by atoms with E-state index in [4.69, 9.17) is 4.98 Å². The highest BCUT2D eigenvalue weighted by atomic mass is 19.1. The summed E-state index contributed by atoms with van der Waals surface area (Å²) in [6, 6.07) is 14.8. The van der Waals surface area contributed by atoms with E-state index in [0.29, 0.717) is 31.9 Å². The number of rotatable bonds is 2. The van der Waals surface area contributed by atoms with E-state index >= 15 is 0 Å². The van der Waals surface area contributed by atoms with Gasteiger partial charge < -0.3 is 9.80 Å². The first-order valence-electron chi connectivity index (χ1n) is 9.91. The summed E-state index contributed by atoms with van der Waals surface area (Å²) in [5, 5.41) is 0.949. The first-order valence-corrected chi connectivity index (χ1v) is 9.91. The molecule has 0 unspecified atom stereocenters. The van der Waals surface area contributed by atoms with Gasteiger partial charge in [-0.15, -0.1) is 0 Å². The molecule has 1 fully saturated rings. The fourth-order valence-electron chi connectivity index (χ4n) is 4.47. The van der Waals surface area contributed by atoms with Gasteiger partial charge in [-0.1, -0.05) is 30.3 Å². The lowest BCUT2D eigenvalue weighted by Crippen LogP contribution is -2.49. The Morgan fingerprint density at radius 2 is 1.68 bits per heavy atom. The van der Waals surface area contributed by atoms with Crippen molar-refractivity contribution in [1.82, 2.24) is 9.88 Å². The molecule has 1 amide bonds. The van der Waals surface area contributed by atoms with E-state index in [1.807, 2.05) is 40.1 Å². The number of carbonyl (C=O) groups is 1. The van der Waals surface area contributed by atoms with Gasteiger partial charge in [0.1, 0.15) is 5.82 Å². The molecule has 0 N–H and O–H groups in total. The Morgan fingerprint density at radius 3 is 2.50 bits per heavy atom. The molecule has 2 heterocycles. The van der Waals surface area contributed by atoms with Crippen molar-refractivity contribution in [3.63, 3.8) is 0 Å². The summed E-state index contributed by atoms with van der Waals surface area (Å²) in [5.74, 6) is -0.120. The van der Waals surface area contributed by atoms with E-state index < -0.39 is 0 Å². The lowest BCUT2D eigenvalue weighted by Gasteiger charge is -2.36. The Balaban J connectivity index is 1.43. The smallest absolute Gasteiger partial charge is 0.255 e. The maximum absolute atomic E-state index is 14.1. The Morgan fingerprint density at radius 1 is 0.929 bits per heavy atom. The van der Waals surface area contributed by atoms with Crippen LogP contribution in [0.4, 0.5) is 10.1 Å². The number of fused-ring (bicyclic) bond motifs is 2. The zero-order valence-electron chi connectivity index (χ0n) is 15.7. The molecule has 0 spiro atoms. The standard InChI is InChI=1S/C23H22FN3O/c24-18-8-2-4-11-21(18)26-12-14-27(15-13-26)23(28)22-16-6-1-3-9-19(16)25-20-10-5-7-17(20)22/h1-4,6,8-9,11H,5,7,10,12-15H2. The molecule has 4 nitrogen and oxygen atoms in total. The number of pyridine rings is 1. The van der Waals surface area contributed by atoms with E-state index in [0.717, 1.165) is 47.0 Å². The third-order valence-electron chi connectivity index (χ3n) is 5.89. The van der Waals surface area contributed by atoms with Crippen molar-refractivity contribution in [1.29, 1.82) is 0 Å². The second-order valence-corrected chi connectivity index (χ2v) is 7.51. The summed E-state index contributed by atoms with van der Waals surface area (Å²) in [5.41, 5.74) is 4.55. The average Bonchev–Trinajstić information content (AvgIpc) is 3.20. The number of halogens is 1. The van der Waals surface area contributed by atoms with Gasteiger partial charge in [-0.05, 0) is 43.0 Å². The van der Waals surface area contributed by atoms with Gasteiger partial charge in [0.05, 0.1) is 16.8 Å². The Bertz CT molecular complexity index is 1060. The van der Waals surface area contributed by atoms with Crippen LogP contribution < -0.4 is 4.90 Å². The molecule has 2 aromatic carbocycles. The molecule has 142 valence electrons. The van der Waals surface area contributed by atoms with Crippen molar-refractivity contribution in [3.05, 3.63) is 71.2 Å². The van der Waals surface area contributed by atoms with Gasteiger partial charge in [0.15, 0.2) is 0 Å². The van der Waals surface area contributed by atoms with Crippen LogP contribution in [0.15, 0.2) is 48.5 Å². The van der Waals surface area contributed by atoms with Crippen LogP contribution in [0.3, 0.4) is 0 Å². The Hall–Kier alpha value is -2.95. The van der Waals surface area contributed by atoms with Crippen molar-refractivity contribution in [2.24, 2.45) is 0 Å². The average molecular weight is 375 g/mol. The number of aromatic nitrogens is 1. The van der Waals surface area contributed by atoms with Gasteiger partial charge in [0.25, 0.3) is 5.91 Å². The summed E-state index contributed by atoms with van der Waals surface area (Å²) >= 11 is 0. The van der Waals surface area contributed by atoms with Crippen LogP contribution in [0.1, 0.15) is 28.0 Å². The van der Waals surface area contributed by atoms with Crippen molar-refractivity contribution < 1.29 is 9.18 Å². The van der Waals surface area contributed by atoms with E-state index in [9.17, 15) is 9.18 Å². The minimum absolute atomic E-state index is 0.0879. The summed E-state index contributed by atoms with van der Waals surface area (Å²) in [6.45, 7) is 2.47. The number of carbonyl (C=O) groups excluding carboxylic acids is 1. The van der Waals surface area contributed by atoms with Crippen LogP contribution in [0.2, 0.25) is 0 Å². The molecule has 5 rings (SSSR count). The number of nitrogens with zero attached hydrogens (tertiary/aromatic N) is 3. The lowest BCUT2D eigenvalue weighted by atomic mass is 9.99. The van der Waals surface area contributed by atoms with Crippen LogP contribution in [0.25, 0.3) is 10.9 Å². The summed E-state index contributed by atoms with van der Waals surface area (Å²) in [7, 11) is 0. The van der Waals surface area contributed by atoms with Gasteiger partial charge in [0.2, 0.25) is 0 Å². The Kier molecular flexibility index (Phi) is 4.23. The second-order valence-electron chi connectivity index (χ2n) is 7.51. The van der Waals surface area contributed by atoms with Crippen LogP contribution in [-0.2, 0) is 12.8 Å². The largest absolute Gasteiger partial charge is 0.366 e. The SMILES string of the molecule is O=C(c1c2c(nc3ccccc13)CCC2)N1CCN(c2ccccc2F)CC1. The van der Waals surface area contributed by atoms with Gasteiger partial charge in [0, 0.05) is 37.3 Å². The minimum Gasteiger partial charge on any atom is -0.366 e. The summed E-state index contributed by atoms with van der Waals surface area (Å²) < 4.78 is 14.1. The van der Waals surface area contributed by atoms with Crippen molar-refractivity contribution >= 4 is 22.5 Å². The van der Waals surface area contributed by atoms with E-state index in [-0.39, 0.29) is 11.7 Å². The Labute approximate surface area is 163 Å². The molecule has 2 aliphatic rings. The van der Waals surface area contributed by atoms with E-state index in [1.54, 1.807) is 12.1 Å². The fourth-order valence-corrected chi connectivity index (χ4v) is 4.47. The zero-order chi connectivity index (χ0) is 19.1. The molecule has 1 aromatic heterocycles. The van der Waals surface area contributed by atoms with Gasteiger partial charge in [-0.2, -0.15) is 0 Å². The quantitative estimate of drug-likeness (QED) is 0.683. The molecule has 1 aliphatic carbocycles. The molecule has 1 saturated heterocycles. The number of aryl methyl sites for hydroxylation is 1. The number of benzene rings is 2. The fraction of sp³-hybridized carbons (Fsp3) is 0.304. The number of hydrogen-bond acceptors (Lipinski definition) is 3. The van der Waals surface area contributed by atoms with E-state index in [1.165, 1.54) is 6.07 Å².